The number of carbonyl (C=O) groups is 2. The Bertz CT molecular complexity index is 1530. The molecule has 204 valence electrons. The van der Waals surface area contributed by atoms with Crippen LogP contribution >= 0.6 is 0 Å². The van der Waals surface area contributed by atoms with Crippen molar-refractivity contribution in [2.24, 2.45) is 0 Å². The van der Waals surface area contributed by atoms with Crippen LogP contribution in [0.1, 0.15) is 23.4 Å². The van der Waals surface area contributed by atoms with E-state index in [1.807, 2.05) is 0 Å². The molecule has 1 heterocycles. The van der Waals surface area contributed by atoms with Crippen LogP contribution in [0, 0.1) is 0 Å². The summed E-state index contributed by atoms with van der Waals surface area (Å²) in [5, 5.41) is 1.27. The average molecular weight is 553 g/mol. The van der Waals surface area contributed by atoms with Crippen LogP contribution in [0.5, 0.6) is 23.0 Å². The monoisotopic (exact) mass is 552 g/mol. The molecule has 11 heteroatoms. The second-order valence-corrected chi connectivity index (χ2v) is 10.5. The van der Waals surface area contributed by atoms with E-state index in [0.29, 0.717) is 34.1 Å². The van der Waals surface area contributed by atoms with Crippen molar-refractivity contribution in [1.82, 2.24) is 0 Å². The first-order valence-electron chi connectivity index (χ1n) is 11.8. The fourth-order valence-electron chi connectivity index (χ4n) is 4.43. The number of nitrogens with zero attached hydrogens (tertiary/aromatic N) is 1. The van der Waals surface area contributed by atoms with Crippen LogP contribution < -0.4 is 29.2 Å². The van der Waals surface area contributed by atoms with Gasteiger partial charge in [0.25, 0.3) is 5.91 Å². The Kier molecular flexibility index (Phi) is 7.82. The number of amides is 2. The first-order chi connectivity index (χ1) is 18.7. The Morgan fingerprint density at radius 2 is 1.49 bits per heavy atom. The first kappa shape index (κ1) is 27.5. The molecule has 1 saturated heterocycles. The van der Waals surface area contributed by atoms with Gasteiger partial charge < -0.3 is 24.3 Å². The summed E-state index contributed by atoms with van der Waals surface area (Å²) in [6, 6.07) is 16.2. The molecule has 3 aromatic rings. The van der Waals surface area contributed by atoms with Crippen LogP contribution in [0.3, 0.4) is 0 Å². The lowest BCUT2D eigenvalue weighted by Gasteiger charge is -2.25. The quantitative estimate of drug-likeness (QED) is 0.413. The van der Waals surface area contributed by atoms with Gasteiger partial charge >= 0.3 is 0 Å². The molecule has 1 N–H and O–H groups in total. The van der Waals surface area contributed by atoms with Crippen molar-refractivity contribution in [3.05, 3.63) is 76.7 Å². The highest BCUT2D eigenvalue weighted by Crippen LogP contribution is 2.47. The van der Waals surface area contributed by atoms with Crippen molar-refractivity contribution >= 4 is 39.1 Å². The Morgan fingerprint density at radius 1 is 0.872 bits per heavy atom. The number of hydrogen-bond donors (Lipinski definition) is 1. The number of nitrogens with one attached hydrogen (secondary N) is 1. The summed E-state index contributed by atoms with van der Waals surface area (Å²) in [7, 11) is 1.48. The zero-order valence-electron chi connectivity index (χ0n) is 22.0. The molecule has 1 aliphatic rings. The molecule has 3 aromatic carbocycles. The molecular weight excluding hydrogens is 524 g/mol. The molecule has 0 saturated carbocycles. The summed E-state index contributed by atoms with van der Waals surface area (Å²) in [5.74, 6) is 0.0824. The van der Waals surface area contributed by atoms with E-state index in [1.165, 1.54) is 52.4 Å². The minimum absolute atomic E-state index is 0.180. The summed E-state index contributed by atoms with van der Waals surface area (Å²) in [6.07, 6.45) is 1.28. The Morgan fingerprint density at radius 3 is 2.03 bits per heavy atom. The zero-order chi connectivity index (χ0) is 28.3. The van der Waals surface area contributed by atoms with E-state index in [1.54, 1.807) is 54.6 Å². The number of rotatable bonds is 8. The molecule has 1 fully saturated rings. The third-order valence-electron chi connectivity index (χ3n) is 6.09. The van der Waals surface area contributed by atoms with Crippen LogP contribution in [0.4, 0.5) is 11.4 Å². The number of hydrogen-bond acceptors (Lipinski definition) is 8. The predicted octanol–water partition coefficient (Wildman–Crippen LogP) is 4.18. The summed E-state index contributed by atoms with van der Waals surface area (Å²) in [6.45, 7) is 1.35. The van der Waals surface area contributed by atoms with E-state index in [-0.39, 0.29) is 17.3 Å². The van der Waals surface area contributed by atoms with Gasteiger partial charge in [0.05, 0.1) is 34.1 Å². The SMILES string of the molecule is COc1ccc(NC(C)=O)cc1N1C(=O)/C(=C/c2cc(OC)c(OC)c(OC)c2)S(=O)(=O)C1c1ccccc1. The van der Waals surface area contributed by atoms with Gasteiger partial charge in [-0.3, -0.25) is 14.5 Å². The molecule has 1 unspecified atom stereocenters. The van der Waals surface area contributed by atoms with Gasteiger partial charge in [-0.2, -0.15) is 0 Å². The number of ether oxygens (including phenoxy) is 4. The predicted molar refractivity (Wildman–Crippen MR) is 147 cm³/mol. The molecule has 1 atom stereocenters. The van der Waals surface area contributed by atoms with Crippen LogP contribution in [0.15, 0.2) is 65.6 Å². The van der Waals surface area contributed by atoms with Crippen LogP contribution in [0.25, 0.3) is 6.08 Å². The fourth-order valence-corrected chi connectivity index (χ4v) is 6.31. The van der Waals surface area contributed by atoms with E-state index >= 15 is 0 Å². The topological polar surface area (TPSA) is 120 Å². The molecular formula is C28H28N2O8S. The van der Waals surface area contributed by atoms with E-state index in [0.717, 1.165) is 0 Å². The largest absolute Gasteiger partial charge is 0.495 e. The van der Waals surface area contributed by atoms with E-state index in [2.05, 4.69) is 5.32 Å². The molecule has 0 radical (unpaired) electrons. The lowest BCUT2D eigenvalue weighted by atomic mass is 10.1. The van der Waals surface area contributed by atoms with Gasteiger partial charge in [0, 0.05) is 12.6 Å². The number of methoxy groups -OCH3 is 4. The summed E-state index contributed by atoms with van der Waals surface area (Å²) < 4.78 is 49.7. The smallest absolute Gasteiger partial charge is 0.271 e. The lowest BCUT2D eigenvalue weighted by Crippen LogP contribution is -2.29. The molecule has 0 spiro atoms. The Balaban J connectivity index is 1.96. The maximum atomic E-state index is 14.1. The van der Waals surface area contributed by atoms with Gasteiger partial charge in [-0.25, -0.2) is 8.42 Å². The van der Waals surface area contributed by atoms with Gasteiger partial charge in [0.15, 0.2) is 16.9 Å². The molecule has 2 amide bonds. The molecule has 0 aromatic heterocycles. The second kappa shape index (κ2) is 11.1. The molecule has 1 aliphatic heterocycles. The van der Waals surface area contributed by atoms with Crippen LogP contribution in [-0.2, 0) is 19.4 Å². The Labute approximate surface area is 226 Å². The number of carbonyl (C=O) groups excluding carboxylic acids is 2. The second-order valence-electron chi connectivity index (χ2n) is 8.52. The third kappa shape index (κ3) is 5.13. The summed E-state index contributed by atoms with van der Waals surface area (Å²) in [4.78, 5) is 26.4. The van der Waals surface area contributed by atoms with Crippen LogP contribution in [0.2, 0.25) is 0 Å². The third-order valence-corrected chi connectivity index (χ3v) is 8.07. The van der Waals surface area contributed by atoms with E-state index in [9.17, 15) is 18.0 Å². The number of benzene rings is 3. The van der Waals surface area contributed by atoms with Crippen molar-refractivity contribution in [1.29, 1.82) is 0 Å². The van der Waals surface area contributed by atoms with Gasteiger partial charge in [0.2, 0.25) is 21.5 Å². The highest BCUT2D eigenvalue weighted by atomic mass is 32.2. The summed E-state index contributed by atoms with van der Waals surface area (Å²) in [5.41, 5.74) is 1.28. The van der Waals surface area contributed by atoms with Gasteiger partial charge in [0.1, 0.15) is 10.7 Å². The van der Waals surface area contributed by atoms with Gasteiger partial charge in [-0.1, -0.05) is 30.3 Å². The zero-order valence-corrected chi connectivity index (χ0v) is 22.9. The lowest BCUT2D eigenvalue weighted by molar-refractivity contribution is -0.115. The average Bonchev–Trinajstić information content (AvgIpc) is 3.12. The van der Waals surface area contributed by atoms with E-state index < -0.39 is 26.0 Å². The molecule has 10 nitrogen and oxygen atoms in total. The van der Waals surface area contributed by atoms with E-state index in [4.69, 9.17) is 18.9 Å². The fraction of sp³-hybridized carbons (Fsp3) is 0.214. The maximum absolute atomic E-state index is 14.1. The maximum Gasteiger partial charge on any atom is 0.271 e. The van der Waals surface area contributed by atoms with Gasteiger partial charge in [-0.05, 0) is 47.5 Å². The van der Waals surface area contributed by atoms with Crippen molar-refractivity contribution in [2.75, 3.05) is 38.7 Å². The highest BCUT2D eigenvalue weighted by molar-refractivity contribution is 7.97. The number of sulfone groups is 1. The molecule has 0 aliphatic carbocycles. The normalized spacial score (nSPS) is 17.2. The minimum atomic E-state index is -4.26. The standard InChI is InChI=1S/C28H28N2O8S/c1-17(31)29-20-11-12-22(35-2)21(16-20)30-27(32)25(39(33,34)28(30)19-9-7-6-8-10-19)15-18-13-23(36-3)26(38-5)24(14-18)37-4/h6-16,28H,1-5H3,(H,29,31)/b25-15-. The van der Waals surface area contributed by atoms with Gasteiger partial charge in [-0.15, -0.1) is 0 Å². The summed E-state index contributed by atoms with van der Waals surface area (Å²) >= 11 is 0. The van der Waals surface area contributed by atoms with Crippen molar-refractivity contribution < 1.29 is 37.0 Å². The molecule has 39 heavy (non-hydrogen) atoms. The minimum Gasteiger partial charge on any atom is -0.495 e. The highest BCUT2D eigenvalue weighted by Gasteiger charge is 2.51. The van der Waals surface area contributed by atoms with Crippen molar-refractivity contribution in [2.45, 2.75) is 12.3 Å². The first-order valence-corrected chi connectivity index (χ1v) is 13.3. The molecule has 0 bridgehead atoms. The molecule has 4 rings (SSSR count). The van der Waals surface area contributed by atoms with Crippen LogP contribution in [-0.4, -0.2) is 48.7 Å². The Hall–Kier alpha value is -4.51. The van der Waals surface area contributed by atoms with Crippen molar-refractivity contribution in [3.63, 3.8) is 0 Å². The van der Waals surface area contributed by atoms with Crippen molar-refractivity contribution in [3.8, 4) is 23.0 Å². The number of anilines is 2.